The van der Waals surface area contributed by atoms with E-state index in [-0.39, 0.29) is 18.4 Å². The van der Waals surface area contributed by atoms with Crippen LogP contribution in [0.4, 0.5) is 4.79 Å². The fourth-order valence-electron chi connectivity index (χ4n) is 3.21. The van der Waals surface area contributed by atoms with Gasteiger partial charge in [0, 0.05) is 39.7 Å². The van der Waals surface area contributed by atoms with Crippen LogP contribution in [0.25, 0.3) is 0 Å². The van der Waals surface area contributed by atoms with E-state index in [0.717, 1.165) is 21.2 Å². The first kappa shape index (κ1) is 22.5. The highest BCUT2D eigenvalue weighted by molar-refractivity contribution is 7.99. The zero-order valence-corrected chi connectivity index (χ0v) is 18.9. The number of amides is 1. The van der Waals surface area contributed by atoms with Crippen molar-refractivity contribution in [2.24, 2.45) is 11.7 Å². The summed E-state index contributed by atoms with van der Waals surface area (Å²) < 4.78 is 4.87. The minimum absolute atomic E-state index is 0.0483. The minimum Gasteiger partial charge on any atom is -0.449 e. The van der Waals surface area contributed by atoms with Crippen LogP contribution >= 0.6 is 35.0 Å². The Labute approximate surface area is 189 Å². The van der Waals surface area contributed by atoms with E-state index in [0.29, 0.717) is 22.3 Å². The van der Waals surface area contributed by atoms with Crippen LogP contribution in [0.2, 0.25) is 10.0 Å². The molecule has 0 aliphatic carbocycles. The second-order valence-electron chi connectivity index (χ2n) is 7.02. The zero-order valence-electron chi connectivity index (χ0n) is 16.6. The SMILES string of the molecule is CC(C)C(c1ccncc1)c1nc(CCOC(N)=O)[nH]c1Sc1cc(Cl)cc(Cl)c1. The smallest absolute Gasteiger partial charge is 0.404 e. The van der Waals surface area contributed by atoms with Crippen LogP contribution in [0.3, 0.4) is 0 Å². The van der Waals surface area contributed by atoms with Gasteiger partial charge in [-0.15, -0.1) is 0 Å². The quantitative estimate of drug-likeness (QED) is 0.446. The lowest BCUT2D eigenvalue weighted by atomic mass is 9.86. The van der Waals surface area contributed by atoms with Crippen molar-refractivity contribution in [2.45, 2.75) is 36.1 Å². The van der Waals surface area contributed by atoms with Crippen molar-refractivity contribution in [3.05, 3.63) is 69.9 Å². The topological polar surface area (TPSA) is 93.9 Å². The first-order chi connectivity index (χ1) is 14.3. The average Bonchev–Trinajstić information content (AvgIpc) is 3.03. The number of rotatable bonds is 8. The predicted molar refractivity (Wildman–Crippen MR) is 119 cm³/mol. The molecule has 1 aromatic carbocycles. The summed E-state index contributed by atoms with van der Waals surface area (Å²) in [5.41, 5.74) is 7.09. The third-order valence-corrected chi connectivity index (χ3v) is 5.83. The van der Waals surface area contributed by atoms with Crippen molar-refractivity contribution in [1.82, 2.24) is 15.0 Å². The lowest BCUT2D eigenvalue weighted by Gasteiger charge is -2.20. The second-order valence-corrected chi connectivity index (χ2v) is 8.98. The van der Waals surface area contributed by atoms with Gasteiger partial charge in [0.25, 0.3) is 0 Å². The van der Waals surface area contributed by atoms with E-state index in [4.69, 9.17) is 38.7 Å². The molecule has 9 heteroatoms. The molecule has 2 aromatic heterocycles. The van der Waals surface area contributed by atoms with Gasteiger partial charge in [-0.2, -0.15) is 0 Å². The number of carbonyl (C=O) groups is 1. The number of pyridine rings is 1. The first-order valence-corrected chi connectivity index (χ1v) is 11.0. The van der Waals surface area contributed by atoms with Gasteiger partial charge >= 0.3 is 6.09 Å². The molecule has 3 N–H and O–H groups in total. The molecule has 0 aliphatic heterocycles. The highest BCUT2D eigenvalue weighted by atomic mass is 35.5. The number of halogens is 2. The van der Waals surface area contributed by atoms with Crippen LogP contribution in [0.1, 0.15) is 36.8 Å². The van der Waals surface area contributed by atoms with Crippen molar-refractivity contribution < 1.29 is 9.53 Å². The molecule has 3 rings (SSSR count). The van der Waals surface area contributed by atoms with Gasteiger partial charge in [0.2, 0.25) is 0 Å². The monoisotopic (exact) mass is 464 g/mol. The highest BCUT2D eigenvalue weighted by Gasteiger charge is 2.26. The van der Waals surface area contributed by atoms with Gasteiger partial charge in [0.05, 0.1) is 5.69 Å². The molecule has 0 spiro atoms. The van der Waals surface area contributed by atoms with E-state index >= 15 is 0 Å². The molecule has 1 unspecified atom stereocenters. The molecule has 1 amide bonds. The molecule has 0 saturated carbocycles. The van der Waals surface area contributed by atoms with E-state index in [1.165, 1.54) is 11.8 Å². The summed E-state index contributed by atoms with van der Waals surface area (Å²) >= 11 is 13.9. The van der Waals surface area contributed by atoms with E-state index in [2.05, 4.69) is 23.8 Å². The Bertz CT molecular complexity index is 991. The molecule has 6 nitrogen and oxygen atoms in total. The molecular formula is C21H22Cl2N4O2S. The molecule has 0 aliphatic rings. The van der Waals surface area contributed by atoms with Gasteiger partial charge in [-0.05, 0) is 41.8 Å². The number of hydrogen-bond acceptors (Lipinski definition) is 5. The van der Waals surface area contributed by atoms with Crippen molar-refractivity contribution in [2.75, 3.05) is 6.61 Å². The van der Waals surface area contributed by atoms with Crippen molar-refractivity contribution >= 4 is 41.1 Å². The number of benzene rings is 1. The summed E-state index contributed by atoms with van der Waals surface area (Å²) in [6.45, 7) is 4.46. The van der Waals surface area contributed by atoms with Crippen LogP contribution in [0.15, 0.2) is 52.6 Å². The number of primary amides is 1. The number of carbonyl (C=O) groups excluding carboxylic acids is 1. The molecule has 0 radical (unpaired) electrons. The van der Waals surface area contributed by atoms with Crippen molar-refractivity contribution in [1.29, 1.82) is 0 Å². The number of aromatic nitrogens is 3. The molecular weight excluding hydrogens is 443 g/mol. The number of aromatic amines is 1. The van der Waals surface area contributed by atoms with E-state index in [1.54, 1.807) is 18.5 Å². The second kappa shape index (κ2) is 10.2. The maximum Gasteiger partial charge on any atom is 0.404 e. The van der Waals surface area contributed by atoms with Gasteiger partial charge in [-0.25, -0.2) is 9.78 Å². The third-order valence-electron chi connectivity index (χ3n) is 4.41. The summed E-state index contributed by atoms with van der Waals surface area (Å²) in [5.74, 6) is 1.04. The van der Waals surface area contributed by atoms with Crippen LogP contribution < -0.4 is 5.73 Å². The van der Waals surface area contributed by atoms with Crippen LogP contribution in [0.5, 0.6) is 0 Å². The molecule has 3 aromatic rings. The van der Waals surface area contributed by atoms with Crippen molar-refractivity contribution in [3.63, 3.8) is 0 Å². The average molecular weight is 465 g/mol. The van der Waals surface area contributed by atoms with E-state index in [1.807, 2.05) is 24.3 Å². The van der Waals surface area contributed by atoms with Crippen LogP contribution in [-0.2, 0) is 11.2 Å². The summed E-state index contributed by atoms with van der Waals surface area (Å²) in [6.07, 6.45) is 3.18. The lowest BCUT2D eigenvalue weighted by Crippen LogP contribution is -2.15. The molecule has 0 saturated heterocycles. The molecule has 158 valence electrons. The Hall–Kier alpha value is -2.22. The number of imidazole rings is 1. The summed E-state index contributed by atoms with van der Waals surface area (Å²) in [6, 6.07) is 9.41. The first-order valence-electron chi connectivity index (χ1n) is 9.38. The van der Waals surface area contributed by atoms with Gasteiger partial charge in [-0.3, -0.25) is 4.98 Å². The Morgan fingerprint density at radius 3 is 2.47 bits per heavy atom. The zero-order chi connectivity index (χ0) is 21.7. The largest absolute Gasteiger partial charge is 0.449 e. The van der Waals surface area contributed by atoms with Gasteiger partial charge < -0.3 is 15.5 Å². The number of hydrogen-bond donors (Lipinski definition) is 2. The fourth-order valence-corrected chi connectivity index (χ4v) is 4.92. The normalized spacial score (nSPS) is 12.2. The lowest BCUT2D eigenvalue weighted by molar-refractivity contribution is 0.157. The number of ether oxygens (including phenoxy) is 1. The highest BCUT2D eigenvalue weighted by Crippen LogP contribution is 2.39. The summed E-state index contributed by atoms with van der Waals surface area (Å²) in [4.78, 5) is 24.1. The molecule has 0 fully saturated rings. The summed E-state index contributed by atoms with van der Waals surface area (Å²) in [5, 5.41) is 2.02. The maximum atomic E-state index is 10.9. The van der Waals surface area contributed by atoms with Crippen LogP contribution in [-0.4, -0.2) is 27.7 Å². The number of H-pyrrole nitrogens is 1. The minimum atomic E-state index is -0.804. The Morgan fingerprint density at radius 1 is 1.20 bits per heavy atom. The Morgan fingerprint density at radius 2 is 1.87 bits per heavy atom. The fraction of sp³-hybridized carbons (Fsp3) is 0.286. The molecule has 2 heterocycles. The Balaban J connectivity index is 1.99. The van der Waals surface area contributed by atoms with Crippen LogP contribution in [0, 0.1) is 5.92 Å². The molecule has 30 heavy (non-hydrogen) atoms. The number of nitrogens with zero attached hydrogens (tertiary/aromatic N) is 2. The van der Waals surface area contributed by atoms with E-state index < -0.39 is 6.09 Å². The standard InChI is InChI=1S/C21H22Cl2N4O2S/c1-12(2)18(13-3-6-25-7-4-13)19-20(27-17(26-19)5-8-29-21(24)28)30-16-10-14(22)9-15(23)11-16/h3-4,6-7,9-12,18H,5,8H2,1-2H3,(H2,24,28)(H,26,27). The molecule has 1 atom stereocenters. The Kier molecular flexibility index (Phi) is 7.64. The van der Waals surface area contributed by atoms with Gasteiger partial charge in [-0.1, -0.05) is 48.8 Å². The van der Waals surface area contributed by atoms with E-state index in [9.17, 15) is 4.79 Å². The van der Waals surface area contributed by atoms with Gasteiger partial charge in [0.15, 0.2) is 0 Å². The number of nitrogens with two attached hydrogens (primary N) is 1. The maximum absolute atomic E-state index is 10.9. The predicted octanol–water partition coefficient (Wildman–Crippen LogP) is 5.69. The third kappa shape index (κ3) is 5.90. The van der Waals surface area contributed by atoms with Gasteiger partial charge in [0.1, 0.15) is 17.5 Å². The summed E-state index contributed by atoms with van der Waals surface area (Å²) in [7, 11) is 0. The van der Waals surface area contributed by atoms with Crippen molar-refractivity contribution in [3.8, 4) is 0 Å². The number of nitrogens with one attached hydrogen (secondary N) is 1. The molecule has 0 bridgehead atoms.